The highest BCUT2D eigenvalue weighted by Crippen LogP contribution is 2.45. The Morgan fingerprint density at radius 2 is 0.455 bits per heavy atom. The number of aliphatic hydroxyl groups is 1. The smallest absolute Gasteiger partial charge is 0.462 e. The van der Waals surface area contributed by atoms with Crippen molar-refractivity contribution < 1.29 is 80.2 Å². The number of ether oxygens (including phenoxy) is 4. The van der Waals surface area contributed by atoms with Crippen LogP contribution in [-0.2, 0) is 65.4 Å². The number of esters is 4. The first kappa shape index (κ1) is 99.1. The third-order valence-electron chi connectivity index (χ3n) is 19.2. The van der Waals surface area contributed by atoms with E-state index in [0.717, 1.165) is 102 Å². The third-order valence-corrected chi connectivity index (χ3v) is 21.1. The normalized spacial score (nSPS) is 13.9. The minimum absolute atomic E-state index is 0.108. The zero-order valence-corrected chi connectivity index (χ0v) is 68.0. The predicted octanol–water partition coefficient (Wildman–Crippen LogP) is 24.7. The van der Waals surface area contributed by atoms with Crippen LogP contribution < -0.4 is 0 Å². The van der Waals surface area contributed by atoms with Crippen LogP contribution in [0.4, 0.5) is 0 Å². The molecule has 0 heterocycles. The molecule has 0 fully saturated rings. The largest absolute Gasteiger partial charge is 0.472 e. The fourth-order valence-corrected chi connectivity index (χ4v) is 14.3. The standard InChI is InChI=1S/C82H160O17P2/c1-7-9-11-13-15-17-19-21-23-24-25-26-28-34-38-42-48-55-61-67-81(86)98-77(70-92-79(84)64-58-52-46-40-36-32-30-29-31-35-39-44-50-56-62-74(3)4)72-96-100(88,89)94-68-76(83)69-95-101(90,91)97-73-78(71-93-80(85)65-59-53-49-43-45-51-57-63-75(5)6)99-82(87)66-60-54-47-41-37-33-27-22-20-18-16-14-12-10-8-2/h74-78,83H,7-73H2,1-6H3,(H,88,89)(H,90,91)/t76-,77-,78-/m1/s1. The Labute approximate surface area is 619 Å². The Morgan fingerprint density at radius 3 is 0.673 bits per heavy atom. The van der Waals surface area contributed by atoms with Gasteiger partial charge in [-0.15, -0.1) is 0 Å². The molecule has 0 aliphatic rings. The van der Waals surface area contributed by atoms with Gasteiger partial charge in [-0.2, -0.15) is 0 Å². The van der Waals surface area contributed by atoms with Gasteiger partial charge in [0, 0.05) is 25.7 Å². The van der Waals surface area contributed by atoms with Crippen LogP contribution in [0.15, 0.2) is 0 Å². The summed E-state index contributed by atoms with van der Waals surface area (Å²) in [6.07, 6.45) is 63.9. The SMILES string of the molecule is CCCCCCCCCCCCCCCCCCCCCC(=O)O[C@H](COC(=O)CCCCCCCCCCCCCCCCC(C)C)COP(=O)(O)OC[C@@H](O)COP(=O)(O)OC[C@@H](COC(=O)CCCCCCCCCC(C)C)OC(=O)CCCCCCCCCCCCCCCCC. The van der Waals surface area contributed by atoms with Gasteiger partial charge in [-0.1, -0.05) is 382 Å². The van der Waals surface area contributed by atoms with Crippen LogP contribution in [0.3, 0.4) is 0 Å². The molecule has 600 valence electrons. The van der Waals surface area contributed by atoms with E-state index >= 15 is 0 Å². The van der Waals surface area contributed by atoms with Gasteiger partial charge >= 0.3 is 39.5 Å². The second kappa shape index (κ2) is 73.6. The molecule has 19 heteroatoms. The average molecular weight is 1480 g/mol. The van der Waals surface area contributed by atoms with Crippen LogP contribution in [0.1, 0.15) is 433 Å². The van der Waals surface area contributed by atoms with E-state index in [4.69, 9.17) is 37.0 Å². The molecule has 0 spiro atoms. The van der Waals surface area contributed by atoms with Gasteiger partial charge in [0.2, 0.25) is 0 Å². The molecule has 0 aliphatic heterocycles. The lowest BCUT2D eigenvalue weighted by Crippen LogP contribution is -2.30. The fraction of sp³-hybridized carbons (Fsp3) is 0.951. The lowest BCUT2D eigenvalue weighted by atomic mass is 10.0. The molecule has 0 amide bonds. The number of carbonyl (C=O) groups excluding carboxylic acids is 4. The van der Waals surface area contributed by atoms with E-state index in [1.54, 1.807) is 0 Å². The molecule has 0 aromatic rings. The van der Waals surface area contributed by atoms with Gasteiger partial charge in [0.25, 0.3) is 0 Å². The van der Waals surface area contributed by atoms with Gasteiger partial charge in [-0.3, -0.25) is 37.3 Å². The Morgan fingerprint density at radius 1 is 0.267 bits per heavy atom. The maximum Gasteiger partial charge on any atom is 0.472 e. The van der Waals surface area contributed by atoms with Gasteiger partial charge in [0.1, 0.15) is 19.3 Å². The van der Waals surface area contributed by atoms with Gasteiger partial charge in [-0.05, 0) is 37.5 Å². The quantitative estimate of drug-likeness (QED) is 0.0222. The van der Waals surface area contributed by atoms with Crippen molar-refractivity contribution in [2.24, 2.45) is 11.8 Å². The summed E-state index contributed by atoms with van der Waals surface area (Å²) in [6.45, 7) is 9.62. The zero-order valence-electron chi connectivity index (χ0n) is 66.2. The highest BCUT2D eigenvalue weighted by Gasteiger charge is 2.30. The first-order valence-corrected chi connectivity index (χ1v) is 45.5. The van der Waals surface area contributed by atoms with Gasteiger partial charge in [-0.25, -0.2) is 9.13 Å². The highest BCUT2D eigenvalue weighted by atomic mass is 31.2. The molecule has 0 rings (SSSR count). The number of carbonyl (C=O) groups is 4. The molecule has 0 aromatic heterocycles. The fourth-order valence-electron chi connectivity index (χ4n) is 12.7. The Balaban J connectivity index is 5.24. The van der Waals surface area contributed by atoms with E-state index in [1.165, 1.54) is 244 Å². The summed E-state index contributed by atoms with van der Waals surface area (Å²) in [7, 11) is -9.92. The minimum atomic E-state index is -4.96. The van der Waals surface area contributed by atoms with Crippen molar-refractivity contribution in [1.29, 1.82) is 0 Å². The molecule has 0 radical (unpaired) electrons. The zero-order chi connectivity index (χ0) is 74.2. The maximum atomic E-state index is 13.1. The summed E-state index contributed by atoms with van der Waals surface area (Å²) in [5, 5.41) is 10.6. The molecule has 0 bridgehead atoms. The Bertz CT molecular complexity index is 1940. The summed E-state index contributed by atoms with van der Waals surface area (Å²) < 4.78 is 68.8. The van der Waals surface area contributed by atoms with Crippen molar-refractivity contribution in [3.8, 4) is 0 Å². The maximum absolute atomic E-state index is 13.1. The van der Waals surface area contributed by atoms with E-state index in [2.05, 4.69) is 41.5 Å². The van der Waals surface area contributed by atoms with Crippen LogP contribution in [0.2, 0.25) is 0 Å². The van der Waals surface area contributed by atoms with E-state index in [9.17, 15) is 43.2 Å². The minimum Gasteiger partial charge on any atom is -0.462 e. The molecule has 3 N–H and O–H groups in total. The van der Waals surface area contributed by atoms with Gasteiger partial charge in [0.05, 0.1) is 26.4 Å². The van der Waals surface area contributed by atoms with Crippen molar-refractivity contribution in [2.75, 3.05) is 39.6 Å². The second-order valence-electron chi connectivity index (χ2n) is 30.5. The molecular weight excluding hydrogens is 1320 g/mol. The van der Waals surface area contributed by atoms with E-state index in [0.29, 0.717) is 31.6 Å². The first-order chi connectivity index (χ1) is 48.9. The average Bonchev–Trinajstić information content (AvgIpc) is 0.979. The summed E-state index contributed by atoms with van der Waals surface area (Å²) in [5.41, 5.74) is 0. The van der Waals surface area contributed by atoms with Crippen LogP contribution >= 0.6 is 15.6 Å². The van der Waals surface area contributed by atoms with E-state index in [-0.39, 0.29) is 25.7 Å². The first-order valence-electron chi connectivity index (χ1n) is 42.5. The predicted molar refractivity (Wildman–Crippen MR) is 414 cm³/mol. The molecule has 0 aliphatic carbocycles. The molecule has 17 nitrogen and oxygen atoms in total. The molecular formula is C82H160O17P2. The van der Waals surface area contributed by atoms with Crippen molar-refractivity contribution in [2.45, 2.75) is 452 Å². The number of hydrogen-bond donors (Lipinski definition) is 3. The Hall–Kier alpha value is -1.94. The second-order valence-corrected chi connectivity index (χ2v) is 33.4. The van der Waals surface area contributed by atoms with Crippen molar-refractivity contribution in [1.82, 2.24) is 0 Å². The number of phosphoric ester groups is 2. The number of unbranched alkanes of at least 4 members (excludes halogenated alkanes) is 51. The topological polar surface area (TPSA) is 237 Å². The molecule has 101 heavy (non-hydrogen) atoms. The monoisotopic (exact) mass is 1480 g/mol. The highest BCUT2D eigenvalue weighted by molar-refractivity contribution is 7.47. The molecule has 0 saturated heterocycles. The molecule has 5 atom stereocenters. The van der Waals surface area contributed by atoms with Crippen LogP contribution in [0, 0.1) is 11.8 Å². The van der Waals surface area contributed by atoms with Crippen molar-refractivity contribution >= 4 is 39.5 Å². The summed E-state index contributed by atoms with van der Waals surface area (Å²) in [4.78, 5) is 73.1. The molecule has 0 saturated carbocycles. The number of aliphatic hydroxyl groups excluding tert-OH is 1. The molecule has 2 unspecified atom stereocenters. The van der Waals surface area contributed by atoms with Gasteiger partial charge < -0.3 is 33.8 Å². The summed E-state index contributed by atoms with van der Waals surface area (Å²) in [5.74, 6) is -0.603. The summed E-state index contributed by atoms with van der Waals surface area (Å²) in [6, 6.07) is 0. The number of hydrogen-bond acceptors (Lipinski definition) is 15. The van der Waals surface area contributed by atoms with Crippen LogP contribution in [-0.4, -0.2) is 96.7 Å². The lowest BCUT2D eigenvalue weighted by Gasteiger charge is -2.21. The third kappa shape index (κ3) is 76.1. The van der Waals surface area contributed by atoms with E-state index in [1.807, 2.05) is 0 Å². The lowest BCUT2D eigenvalue weighted by molar-refractivity contribution is -0.161. The van der Waals surface area contributed by atoms with Crippen LogP contribution in [0.25, 0.3) is 0 Å². The number of rotatable bonds is 81. The summed E-state index contributed by atoms with van der Waals surface area (Å²) >= 11 is 0. The van der Waals surface area contributed by atoms with Crippen molar-refractivity contribution in [3.05, 3.63) is 0 Å². The van der Waals surface area contributed by atoms with Gasteiger partial charge in [0.15, 0.2) is 12.2 Å². The van der Waals surface area contributed by atoms with Crippen LogP contribution in [0.5, 0.6) is 0 Å². The van der Waals surface area contributed by atoms with Crippen molar-refractivity contribution in [3.63, 3.8) is 0 Å². The molecule has 0 aromatic carbocycles. The number of phosphoric acid groups is 2. The van der Waals surface area contributed by atoms with E-state index < -0.39 is 97.5 Å². The Kier molecular flexibility index (Phi) is 72.2.